The highest BCUT2D eigenvalue weighted by Gasteiger charge is 2.16. The standard InChI is InChI=1S/C52H34N8/c1-5-16-36(17-6-1)45-34-46(37-18-7-2-8-19-37)57-52(56-45)44-26-15-25-43(54-44)48-33-41(32-47(55-48)42-24-13-14-31-53-42)35-27-29-40(30-28-35)51-59-49(38-20-9-3-10-21-38)58-50(60-51)39-22-11-4-12-23-39/h1-34H. The lowest BCUT2D eigenvalue weighted by molar-refractivity contribution is 1.07. The Morgan fingerprint density at radius 2 is 0.617 bits per heavy atom. The molecule has 0 spiro atoms. The lowest BCUT2D eigenvalue weighted by atomic mass is 10.0. The molecule has 8 heteroatoms. The van der Waals surface area contributed by atoms with E-state index in [1.165, 1.54) is 0 Å². The summed E-state index contributed by atoms with van der Waals surface area (Å²) in [6.45, 7) is 0. The molecule has 0 aliphatic heterocycles. The summed E-state index contributed by atoms with van der Waals surface area (Å²) >= 11 is 0. The van der Waals surface area contributed by atoms with Crippen molar-refractivity contribution in [2.75, 3.05) is 0 Å². The van der Waals surface area contributed by atoms with Gasteiger partial charge in [-0.1, -0.05) is 158 Å². The Balaban J connectivity index is 1.05. The first-order valence-electron chi connectivity index (χ1n) is 19.6. The Bertz CT molecular complexity index is 2940. The molecule has 5 aromatic carbocycles. The second kappa shape index (κ2) is 16.2. The van der Waals surface area contributed by atoms with Crippen molar-refractivity contribution >= 4 is 0 Å². The van der Waals surface area contributed by atoms with E-state index in [4.69, 9.17) is 34.9 Å². The summed E-state index contributed by atoms with van der Waals surface area (Å²) in [7, 11) is 0. The molecule has 0 radical (unpaired) electrons. The van der Waals surface area contributed by atoms with Crippen LogP contribution < -0.4 is 0 Å². The maximum Gasteiger partial charge on any atom is 0.179 e. The van der Waals surface area contributed by atoms with E-state index in [9.17, 15) is 0 Å². The van der Waals surface area contributed by atoms with Crippen molar-refractivity contribution < 1.29 is 0 Å². The molecule has 0 saturated carbocycles. The summed E-state index contributed by atoms with van der Waals surface area (Å²) in [5.41, 5.74) is 11.8. The maximum atomic E-state index is 5.14. The van der Waals surface area contributed by atoms with E-state index in [2.05, 4.69) is 65.6 Å². The largest absolute Gasteiger partial charge is 0.255 e. The fourth-order valence-electron chi connectivity index (χ4n) is 7.00. The minimum absolute atomic E-state index is 0.526. The highest BCUT2D eigenvalue weighted by molar-refractivity contribution is 5.78. The quantitative estimate of drug-likeness (QED) is 0.143. The van der Waals surface area contributed by atoms with Crippen LogP contribution in [0.5, 0.6) is 0 Å². The molecule has 10 rings (SSSR count). The van der Waals surface area contributed by atoms with Crippen molar-refractivity contribution in [1.82, 2.24) is 39.9 Å². The molecule has 0 unspecified atom stereocenters. The van der Waals surface area contributed by atoms with Gasteiger partial charge in [0, 0.05) is 34.0 Å². The maximum absolute atomic E-state index is 5.14. The van der Waals surface area contributed by atoms with Crippen molar-refractivity contribution in [1.29, 1.82) is 0 Å². The predicted molar refractivity (Wildman–Crippen MR) is 238 cm³/mol. The van der Waals surface area contributed by atoms with Gasteiger partial charge in [0.15, 0.2) is 23.3 Å². The lowest BCUT2D eigenvalue weighted by Crippen LogP contribution is -2.00. The first-order chi connectivity index (χ1) is 29.7. The monoisotopic (exact) mass is 770 g/mol. The molecule has 0 saturated heterocycles. The van der Waals surface area contributed by atoms with E-state index in [0.29, 0.717) is 40.4 Å². The summed E-state index contributed by atoms with van der Waals surface area (Å²) in [6.07, 6.45) is 1.78. The summed E-state index contributed by atoms with van der Waals surface area (Å²) < 4.78 is 0. The third kappa shape index (κ3) is 7.68. The molecule has 0 aliphatic carbocycles. The van der Waals surface area contributed by atoms with Crippen LogP contribution in [0.15, 0.2) is 206 Å². The molecule has 0 bridgehead atoms. The van der Waals surface area contributed by atoms with Gasteiger partial charge in [0.25, 0.3) is 0 Å². The van der Waals surface area contributed by atoms with Gasteiger partial charge in [-0.2, -0.15) is 0 Å². The number of aromatic nitrogens is 8. The Morgan fingerprint density at radius 1 is 0.200 bits per heavy atom. The highest BCUT2D eigenvalue weighted by atomic mass is 15.0. The first kappa shape index (κ1) is 36.0. The van der Waals surface area contributed by atoms with Crippen LogP contribution in [0.3, 0.4) is 0 Å². The molecule has 282 valence electrons. The Kier molecular flexibility index (Phi) is 9.75. The first-order valence-corrected chi connectivity index (χ1v) is 19.6. The lowest BCUT2D eigenvalue weighted by Gasteiger charge is -2.12. The fourth-order valence-corrected chi connectivity index (χ4v) is 7.00. The molecular formula is C52H34N8. The number of rotatable bonds is 9. The zero-order valence-electron chi connectivity index (χ0n) is 32.2. The van der Waals surface area contributed by atoms with E-state index >= 15 is 0 Å². The average molecular weight is 771 g/mol. The second-order valence-corrected chi connectivity index (χ2v) is 14.1. The molecule has 0 N–H and O–H groups in total. The Morgan fingerprint density at radius 3 is 1.13 bits per heavy atom. The Hall–Kier alpha value is -8.36. The third-order valence-electron chi connectivity index (χ3n) is 10.0. The summed E-state index contributed by atoms with van der Waals surface area (Å²) in [6, 6.07) is 66.4. The van der Waals surface area contributed by atoms with E-state index < -0.39 is 0 Å². The van der Waals surface area contributed by atoms with Crippen LogP contribution in [0.25, 0.3) is 102 Å². The van der Waals surface area contributed by atoms with Crippen LogP contribution in [-0.4, -0.2) is 39.9 Å². The fraction of sp³-hybridized carbons (Fsp3) is 0. The molecule has 8 nitrogen and oxygen atoms in total. The zero-order chi connectivity index (χ0) is 40.1. The van der Waals surface area contributed by atoms with Crippen molar-refractivity contribution in [2.45, 2.75) is 0 Å². The minimum Gasteiger partial charge on any atom is -0.255 e. The molecule has 5 aromatic heterocycles. The SMILES string of the molecule is c1ccc(-c2cc(-c3ccccc3)nc(-c3cccc(-c4cc(-c5ccc(-c6nc(-c7ccccc7)nc(-c7ccccc7)n6)cc5)cc(-c5ccccn5)n4)n3)n2)cc1. The number of benzene rings is 5. The van der Waals surface area contributed by atoms with E-state index in [-0.39, 0.29) is 0 Å². The van der Waals surface area contributed by atoms with Crippen LogP contribution in [-0.2, 0) is 0 Å². The average Bonchev–Trinajstić information content (AvgIpc) is 3.35. The normalized spacial score (nSPS) is 11.0. The molecular weight excluding hydrogens is 737 g/mol. The van der Waals surface area contributed by atoms with Crippen molar-refractivity contribution in [2.24, 2.45) is 0 Å². The molecule has 0 atom stereocenters. The molecule has 10 aromatic rings. The van der Waals surface area contributed by atoms with Gasteiger partial charge < -0.3 is 0 Å². The zero-order valence-corrected chi connectivity index (χ0v) is 32.2. The molecule has 5 heterocycles. The minimum atomic E-state index is 0.526. The molecule has 60 heavy (non-hydrogen) atoms. The van der Waals surface area contributed by atoms with Crippen molar-refractivity contribution in [3.63, 3.8) is 0 Å². The van der Waals surface area contributed by atoms with Crippen molar-refractivity contribution in [3.05, 3.63) is 206 Å². The van der Waals surface area contributed by atoms with E-state index in [1.54, 1.807) is 6.20 Å². The second-order valence-electron chi connectivity index (χ2n) is 14.1. The van der Waals surface area contributed by atoms with Gasteiger partial charge in [-0.05, 0) is 53.6 Å². The molecule has 0 fully saturated rings. The predicted octanol–water partition coefficient (Wildman–Crippen LogP) is 11.8. The Labute approximate surface area is 347 Å². The number of pyridine rings is 3. The molecule has 0 aliphatic rings. The van der Waals surface area contributed by atoms with Gasteiger partial charge in [0.05, 0.1) is 34.2 Å². The topological polar surface area (TPSA) is 103 Å². The summed E-state index contributed by atoms with van der Waals surface area (Å²) in [5.74, 6) is 2.35. The van der Waals surface area contributed by atoms with Crippen LogP contribution in [0.4, 0.5) is 0 Å². The van der Waals surface area contributed by atoms with Gasteiger partial charge in [-0.15, -0.1) is 0 Å². The highest BCUT2D eigenvalue weighted by Crippen LogP contribution is 2.33. The number of hydrogen-bond donors (Lipinski definition) is 0. The van der Waals surface area contributed by atoms with Gasteiger partial charge in [0.2, 0.25) is 0 Å². The van der Waals surface area contributed by atoms with E-state index in [0.717, 1.165) is 61.7 Å². The van der Waals surface area contributed by atoms with Crippen LogP contribution in [0.2, 0.25) is 0 Å². The number of hydrogen-bond acceptors (Lipinski definition) is 8. The number of nitrogens with zero attached hydrogens (tertiary/aromatic N) is 8. The van der Waals surface area contributed by atoms with Crippen molar-refractivity contribution in [3.8, 4) is 102 Å². The third-order valence-corrected chi connectivity index (χ3v) is 10.0. The van der Waals surface area contributed by atoms with Gasteiger partial charge in [-0.25, -0.2) is 34.9 Å². The van der Waals surface area contributed by atoms with Gasteiger partial charge >= 0.3 is 0 Å². The van der Waals surface area contributed by atoms with Crippen LogP contribution in [0.1, 0.15) is 0 Å². The smallest absolute Gasteiger partial charge is 0.179 e. The van der Waals surface area contributed by atoms with Crippen LogP contribution in [0, 0.1) is 0 Å². The van der Waals surface area contributed by atoms with Gasteiger partial charge in [0.1, 0.15) is 5.69 Å². The van der Waals surface area contributed by atoms with Gasteiger partial charge in [-0.3, -0.25) is 4.98 Å². The summed E-state index contributed by atoms with van der Waals surface area (Å²) in [4.78, 5) is 39.7. The van der Waals surface area contributed by atoms with E-state index in [1.807, 2.05) is 140 Å². The van der Waals surface area contributed by atoms with Crippen LogP contribution >= 0.6 is 0 Å². The molecule has 0 amide bonds. The summed E-state index contributed by atoms with van der Waals surface area (Å²) in [5, 5.41) is 0.